The third-order valence-corrected chi connectivity index (χ3v) is 3.63. The lowest BCUT2D eigenvalue weighted by Gasteiger charge is -2.18. The molecule has 2 aromatic carbocycles. The zero-order chi connectivity index (χ0) is 19.1. The molecule has 0 bridgehead atoms. The average Bonchev–Trinajstić information content (AvgIpc) is 2.65. The van der Waals surface area contributed by atoms with Gasteiger partial charge in [-0.3, -0.25) is 4.79 Å². The van der Waals surface area contributed by atoms with Crippen molar-refractivity contribution in [1.29, 1.82) is 0 Å². The van der Waals surface area contributed by atoms with E-state index in [0.717, 1.165) is 11.1 Å². The Kier molecular flexibility index (Phi) is 6.36. The van der Waals surface area contributed by atoms with Gasteiger partial charge < -0.3 is 20.9 Å². The first-order valence-corrected chi connectivity index (χ1v) is 7.95. The smallest absolute Gasteiger partial charge is 0.331 e. The number of methoxy groups -OCH3 is 1. The molecule has 0 aliphatic carbocycles. The summed E-state index contributed by atoms with van der Waals surface area (Å²) in [6.45, 7) is 1.40. The summed E-state index contributed by atoms with van der Waals surface area (Å²) >= 11 is 0. The lowest BCUT2D eigenvalue weighted by molar-refractivity contribution is -0.145. The maximum Gasteiger partial charge on any atom is 0.331 e. The van der Waals surface area contributed by atoms with Crippen LogP contribution in [0.3, 0.4) is 0 Å². The van der Waals surface area contributed by atoms with E-state index >= 15 is 0 Å². The number of aliphatic hydroxyl groups excluding tert-OH is 1. The van der Waals surface area contributed by atoms with E-state index in [9.17, 15) is 14.7 Å². The van der Waals surface area contributed by atoms with Crippen molar-refractivity contribution in [2.45, 2.75) is 19.1 Å². The van der Waals surface area contributed by atoms with Crippen LogP contribution in [0.1, 0.15) is 28.4 Å². The van der Waals surface area contributed by atoms with Crippen LogP contribution >= 0.6 is 0 Å². The molecule has 0 fully saturated rings. The number of esters is 1. The molecule has 0 saturated heterocycles. The molecule has 0 aliphatic rings. The molecule has 1 amide bonds. The third-order valence-electron chi connectivity index (χ3n) is 3.63. The van der Waals surface area contributed by atoms with Crippen LogP contribution in [0.4, 0.5) is 5.69 Å². The zero-order valence-electron chi connectivity index (χ0n) is 14.5. The summed E-state index contributed by atoms with van der Waals surface area (Å²) in [6, 6.07) is 12.7. The second kappa shape index (κ2) is 8.70. The number of nitrogen functional groups attached to an aromatic ring is 1. The molecule has 6 nitrogen and oxygen atoms in total. The van der Waals surface area contributed by atoms with Crippen LogP contribution in [0.5, 0.6) is 0 Å². The van der Waals surface area contributed by atoms with Crippen LogP contribution in [-0.4, -0.2) is 36.2 Å². The van der Waals surface area contributed by atoms with Gasteiger partial charge in [0.1, 0.15) is 0 Å². The first kappa shape index (κ1) is 19.0. The summed E-state index contributed by atoms with van der Waals surface area (Å²) in [5.41, 5.74) is 8.22. The van der Waals surface area contributed by atoms with Crippen molar-refractivity contribution in [1.82, 2.24) is 5.32 Å². The van der Waals surface area contributed by atoms with Crippen LogP contribution in [-0.2, 0) is 9.53 Å². The maximum absolute atomic E-state index is 12.2. The monoisotopic (exact) mass is 352 g/mol. The molecule has 2 aromatic rings. The number of nitrogens with two attached hydrogens (primary N) is 1. The van der Waals surface area contributed by atoms with Gasteiger partial charge in [-0.15, -0.1) is 0 Å². The molecule has 2 atom stereocenters. The molecule has 0 aromatic heterocycles. The number of rotatable bonds is 4. The lowest BCUT2D eigenvalue weighted by atomic mass is 10.1. The van der Waals surface area contributed by atoms with E-state index in [0.29, 0.717) is 11.3 Å². The lowest BCUT2D eigenvalue weighted by Crippen LogP contribution is -2.48. The quantitative estimate of drug-likeness (QED) is 0.438. The maximum atomic E-state index is 12.2. The van der Waals surface area contributed by atoms with Crippen molar-refractivity contribution in [2.75, 3.05) is 12.8 Å². The number of ether oxygens (including phenoxy) is 1. The minimum Gasteiger partial charge on any atom is -0.467 e. The molecule has 0 heterocycles. The Morgan fingerprint density at radius 3 is 2.00 bits per heavy atom. The largest absolute Gasteiger partial charge is 0.467 e. The molecular formula is C20H20N2O4. The summed E-state index contributed by atoms with van der Waals surface area (Å²) < 4.78 is 4.57. The standard InChI is InChI=1S/C20H20N2O4/c1-13(23)18(20(25)26-2)22-19(24)16-9-5-14(6-10-16)3-4-15-7-11-17(21)12-8-15/h5-13,18,23H,21H2,1-2H3,(H,22,24)/t13-,18+/m0/s1. The highest BCUT2D eigenvalue weighted by Gasteiger charge is 2.26. The fourth-order valence-corrected chi connectivity index (χ4v) is 2.14. The van der Waals surface area contributed by atoms with E-state index in [1.165, 1.54) is 14.0 Å². The number of hydrogen-bond donors (Lipinski definition) is 3. The van der Waals surface area contributed by atoms with Gasteiger partial charge in [0.15, 0.2) is 6.04 Å². The van der Waals surface area contributed by atoms with Gasteiger partial charge in [0.25, 0.3) is 5.91 Å². The summed E-state index contributed by atoms with van der Waals surface area (Å²) in [5, 5.41) is 12.1. The van der Waals surface area contributed by atoms with E-state index in [-0.39, 0.29) is 0 Å². The first-order chi connectivity index (χ1) is 12.4. The van der Waals surface area contributed by atoms with Gasteiger partial charge in [-0.2, -0.15) is 0 Å². The van der Waals surface area contributed by atoms with Crippen LogP contribution in [0, 0.1) is 11.8 Å². The van der Waals surface area contributed by atoms with Crippen LogP contribution in [0.25, 0.3) is 0 Å². The van der Waals surface area contributed by atoms with Crippen molar-refractivity contribution in [2.24, 2.45) is 0 Å². The number of hydrogen-bond acceptors (Lipinski definition) is 5. The molecule has 0 aliphatic heterocycles. The molecule has 6 heteroatoms. The Balaban J connectivity index is 2.08. The van der Waals surface area contributed by atoms with Gasteiger partial charge >= 0.3 is 5.97 Å². The predicted octanol–water partition coefficient (Wildman–Crippen LogP) is 1.32. The fourth-order valence-electron chi connectivity index (χ4n) is 2.14. The highest BCUT2D eigenvalue weighted by Crippen LogP contribution is 2.07. The van der Waals surface area contributed by atoms with E-state index in [1.807, 2.05) is 12.1 Å². The number of aliphatic hydroxyl groups is 1. The van der Waals surface area contributed by atoms with E-state index < -0.39 is 24.0 Å². The summed E-state index contributed by atoms with van der Waals surface area (Å²) in [6.07, 6.45) is -1.07. The predicted molar refractivity (Wildman–Crippen MR) is 98.2 cm³/mol. The molecule has 0 radical (unpaired) electrons. The van der Waals surface area contributed by atoms with Crippen molar-refractivity contribution in [3.8, 4) is 11.8 Å². The third kappa shape index (κ3) is 5.10. The molecule has 0 unspecified atom stereocenters. The number of carbonyl (C=O) groups is 2. The van der Waals surface area contributed by atoms with Crippen LogP contribution in [0.2, 0.25) is 0 Å². The fraction of sp³-hybridized carbons (Fsp3) is 0.200. The molecular weight excluding hydrogens is 332 g/mol. The average molecular weight is 352 g/mol. The second-order valence-electron chi connectivity index (χ2n) is 5.66. The van der Waals surface area contributed by atoms with Gasteiger partial charge in [0.05, 0.1) is 13.2 Å². The minimum absolute atomic E-state index is 0.345. The molecule has 4 N–H and O–H groups in total. The van der Waals surface area contributed by atoms with Gasteiger partial charge in [-0.25, -0.2) is 4.79 Å². The van der Waals surface area contributed by atoms with Crippen LogP contribution < -0.4 is 11.1 Å². The molecule has 2 rings (SSSR count). The van der Waals surface area contributed by atoms with Gasteiger partial charge in [0.2, 0.25) is 0 Å². The number of benzene rings is 2. The molecule has 0 saturated carbocycles. The van der Waals surface area contributed by atoms with Gasteiger partial charge in [-0.1, -0.05) is 11.8 Å². The van der Waals surface area contributed by atoms with E-state index in [4.69, 9.17) is 5.73 Å². The Morgan fingerprint density at radius 1 is 1.04 bits per heavy atom. The van der Waals surface area contributed by atoms with Crippen molar-refractivity contribution >= 4 is 17.6 Å². The number of carbonyl (C=O) groups excluding carboxylic acids is 2. The highest BCUT2D eigenvalue weighted by molar-refractivity contribution is 5.97. The van der Waals surface area contributed by atoms with E-state index in [2.05, 4.69) is 21.9 Å². The number of nitrogens with one attached hydrogen (secondary N) is 1. The molecule has 134 valence electrons. The number of anilines is 1. The first-order valence-electron chi connectivity index (χ1n) is 7.95. The van der Waals surface area contributed by atoms with Gasteiger partial charge in [0, 0.05) is 22.4 Å². The normalized spacial score (nSPS) is 12.3. The topological polar surface area (TPSA) is 102 Å². The molecule has 26 heavy (non-hydrogen) atoms. The Bertz CT molecular complexity index is 831. The molecule has 0 spiro atoms. The minimum atomic E-state index is -1.13. The summed E-state index contributed by atoms with van der Waals surface area (Å²) in [4.78, 5) is 23.8. The Morgan fingerprint density at radius 2 is 1.54 bits per heavy atom. The van der Waals surface area contributed by atoms with Crippen molar-refractivity contribution in [3.63, 3.8) is 0 Å². The highest BCUT2D eigenvalue weighted by atomic mass is 16.5. The zero-order valence-corrected chi connectivity index (χ0v) is 14.5. The van der Waals surface area contributed by atoms with Crippen molar-refractivity contribution < 1.29 is 19.4 Å². The SMILES string of the molecule is COC(=O)[C@H](NC(=O)c1ccc(C#Cc2ccc(N)cc2)cc1)[C@H](C)O. The Hall–Kier alpha value is -3.30. The number of amides is 1. The van der Waals surface area contributed by atoms with Crippen molar-refractivity contribution in [3.05, 3.63) is 65.2 Å². The Labute approximate surface area is 152 Å². The summed E-state index contributed by atoms with van der Waals surface area (Å²) in [5.74, 6) is 4.81. The van der Waals surface area contributed by atoms with Gasteiger partial charge in [-0.05, 0) is 55.5 Å². The van der Waals surface area contributed by atoms with Crippen LogP contribution in [0.15, 0.2) is 48.5 Å². The summed E-state index contributed by atoms with van der Waals surface area (Å²) in [7, 11) is 1.19. The second-order valence-corrected chi connectivity index (χ2v) is 5.66. The van der Waals surface area contributed by atoms with E-state index in [1.54, 1.807) is 36.4 Å².